The number of quaternary nitrogens is 1. The summed E-state index contributed by atoms with van der Waals surface area (Å²) in [6.07, 6.45) is 1.74. The van der Waals surface area contributed by atoms with Gasteiger partial charge in [0.1, 0.15) is 18.7 Å². The minimum Gasteiger partial charge on any atom is -0.871 e. The molecular weight excluding hydrogens is 516 g/mol. The van der Waals surface area contributed by atoms with Crippen LogP contribution >= 0.6 is 0 Å². The Morgan fingerprint density at radius 2 is 1.77 bits per heavy atom. The van der Waals surface area contributed by atoms with Crippen LogP contribution in [0.1, 0.15) is 28.6 Å². The van der Waals surface area contributed by atoms with Crippen molar-refractivity contribution < 1.29 is 38.5 Å². The number of fused-ring (bicyclic) bond motifs is 1. The summed E-state index contributed by atoms with van der Waals surface area (Å²) < 4.78 is 23.8. The maximum atomic E-state index is 14.3. The maximum Gasteiger partial charge on any atom is 0.295 e. The Bertz CT molecular complexity index is 1460. The van der Waals surface area contributed by atoms with E-state index in [0.29, 0.717) is 53.9 Å². The van der Waals surface area contributed by atoms with Crippen LogP contribution in [0.15, 0.2) is 36.0 Å². The Labute approximate surface area is 232 Å². The normalized spacial score (nSPS) is 19.4. The van der Waals surface area contributed by atoms with Crippen LogP contribution in [0.4, 0.5) is 0 Å². The van der Waals surface area contributed by atoms with Gasteiger partial charge in [-0.3, -0.25) is 9.59 Å². The average molecular weight is 551 g/mol. The average Bonchev–Trinajstić information content (AvgIpc) is 3.44. The van der Waals surface area contributed by atoms with E-state index >= 15 is 0 Å². The lowest BCUT2D eigenvalue weighted by molar-refractivity contribution is -0.907. The largest absolute Gasteiger partial charge is 0.871 e. The van der Waals surface area contributed by atoms with Crippen LogP contribution in [0.3, 0.4) is 0 Å². The molecule has 0 radical (unpaired) electrons. The Morgan fingerprint density at radius 3 is 2.40 bits per heavy atom. The molecule has 5 rings (SSSR count). The first-order valence-corrected chi connectivity index (χ1v) is 13.2. The van der Waals surface area contributed by atoms with Gasteiger partial charge in [0, 0.05) is 11.8 Å². The molecule has 2 saturated heterocycles. The number of ether oxygens (including phenoxy) is 4. The molecule has 212 valence electrons. The Morgan fingerprint density at radius 1 is 1.10 bits per heavy atom. The highest BCUT2D eigenvalue weighted by atomic mass is 16.5. The molecule has 1 aromatic carbocycles. The van der Waals surface area contributed by atoms with Gasteiger partial charge in [0.25, 0.3) is 5.91 Å². The molecule has 11 nitrogen and oxygen atoms in total. The fourth-order valence-corrected chi connectivity index (χ4v) is 5.61. The first-order chi connectivity index (χ1) is 19.3. The highest BCUT2D eigenvalue weighted by Crippen LogP contribution is 2.45. The smallest absolute Gasteiger partial charge is 0.295 e. The van der Waals surface area contributed by atoms with Crippen LogP contribution in [-0.2, 0) is 14.3 Å². The van der Waals surface area contributed by atoms with Gasteiger partial charge in [-0.25, -0.2) is 4.98 Å². The SMILES string of the molecule is COc1cc(C2/C(=C(\[O-])c3c(C)nc4c(C)cccn34)C(=O)C(=O)N2CC[NH+]2CCOCC2)cc(OC)c1OC. The van der Waals surface area contributed by atoms with E-state index in [0.717, 1.165) is 18.7 Å². The number of ketones is 1. The topological polar surface area (TPSA) is 119 Å². The molecule has 2 aromatic heterocycles. The van der Waals surface area contributed by atoms with Crippen LogP contribution in [0, 0.1) is 13.8 Å². The lowest BCUT2D eigenvalue weighted by Gasteiger charge is -2.30. The Kier molecular flexibility index (Phi) is 7.68. The second-order valence-corrected chi connectivity index (χ2v) is 9.97. The molecule has 4 heterocycles. The van der Waals surface area contributed by atoms with Crippen LogP contribution in [0.2, 0.25) is 0 Å². The lowest BCUT2D eigenvalue weighted by atomic mass is 9.95. The number of nitrogens with one attached hydrogen (secondary N) is 1. The molecule has 1 atom stereocenters. The number of Topliss-reactive ketones (excluding diaryl/α,β-unsaturated/α-hetero) is 1. The number of carbonyl (C=O) groups is 2. The van der Waals surface area contributed by atoms with Gasteiger partial charge in [-0.2, -0.15) is 0 Å². The van der Waals surface area contributed by atoms with E-state index in [1.807, 2.05) is 19.1 Å². The van der Waals surface area contributed by atoms with Crippen molar-refractivity contribution >= 4 is 23.1 Å². The third-order valence-electron chi connectivity index (χ3n) is 7.67. The minimum absolute atomic E-state index is 0.123. The molecule has 0 spiro atoms. The number of pyridine rings is 1. The number of aromatic nitrogens is 2. The maximum absolute atomic E-state index is 14.3. The van der Waals surface area contributed by atoms with Crippen LogP contribution in [0.5, 0.6) is 17.2 Å². The summed E-state index contributed by atoms with van der Waals surface area (Å²) in [5.41, 5.74) is 2.64. The Balaban J connectivity index is 1.69. The quantitative estimate of drug-likeness (QED) is 0.239. The van der Waals surface area contributed by atoms with Crippen molar-refractivity contribution in [3.63, 3.8) is 0 Å². The van der Waals surface area contributed by atoms with Crippen molar-refractivity contribution in [2.75, 3.05) is 60.7 Å². The van der Waals surface area contributed by atoms with Gasteiger partial charge in [-0.1, -0.05) is 11.8 Å². The van der Waals surface area contributed by atoms with Gasteiger partial charge in [0.2, 0.25) is 11.5 Å². The number of hydrogen-bond acceptors (Lipinski definition) is 8. The summed E-state index contributed by atoms with van der Waals surface area (Å²) in [6.45, 7) is 7.42. The molecule has 1 unspecified atom stereocenters. The number of methoxy groups -OCH3 is 3. The number of aryl methyl sites for hydroxylation is 2. The summed E-state index contributed by atoms with van der Waals surface area (Å²) in [5.74, 6) is -0.977. The molecule has 2 aliphatic rings. The molecular formula is C29H34N4O7. The summed E-state index contributed by atoms with van der Waals surface area (Å²) in [5, 5.41) is 14.3. The summed E-state index contributed by atoms with van der Waals surface area (Å²) in [4.78, 5) is 34.5. The second kappa shape index (κ2) is 11.2. The molecule has 2 fully saturated rings. The highest BCUT2D eigenvalue weighted by Gasteiger charge is 2.45. The van der Waals surface area contributed by atoms with Gasteiger partial charge < -0.3 is 38.3 Å². The van der Waals surface area contributed by atoms with E-state index in [-0.39, 0.29) is 17.8 Å². The van der Waals surface area contributed by atoms with Crippen molar-refractivity contribution in [3.8, 4) is 17.2 Å². The number of likely N-dealkylation sites (tertiary alicyclic amines) is 1. The zero-order valence-electron chi connectivity index (χ0n) is 23.4. The predicted octanol–water partition coefficient (Wildman–Crippen LogP) is 0.116. The number of benzene rings is 1. The molecule has 1 amide bonds. The van der Waals surface area contributed by atoms with Crippen molar-refractivity contribution in [1.82, 2.24) is 14.3 Å². The van der Waals surface area contributed by atoms with Crippen LogP contribution < -0.4 is 24.2 Å². The Hall–Kier alpha value is -4.09. The summed E-state index contributed by atoms with van der Waals surface area (Å²) in [6, 6.07) is 6.15. The zero-order valence-corrected chi connectivity index (χ0v) is 23.4. The van der Waals surface area contributed by atoms with E-state index in [1.165, 1.54) is 31.1 Å². The highest BCUT2D eigenvalue weighted by molar-refractivity contribution is 6.46. The van der Waals surface area contributed by atoms with Gasteiger partial charge in [-0.05, 0) is 43.2 Å². The summed E-state index contributed by atoms with van der Waals surface area (Å²) >= 11 is 0. The van der Waals surface area contributed by atoms with Crippen molar-refractivity contribution in [2.45, 2.75) is 19.9 Å². The molecule has 0 saturated carbocycles. The first kappa shape index (κ1) is 27.5. The fraction of sp³-hybridized carbons (Fsp3) is 0.414. The molecule has 11 heteroatoms. The lowest BCUT2D eigenvalue weighted by Crippen LogP contribution is -3.14. The fourth-order valence-electron chi connectivity index (χ4n) is 5.61. The number of morpholine rings is 1. The standard InChI is InChI=1S/C29H34N4O7/c1-17-7-6-8-32-23(18(2)30-28(17)32)25(34)22-24(19-15-20(37-3)27(39-5)21(16-19)38-4)33(29(36)26(22)35)10-9-31-11-13-40-14-12-31/h6-8,15-16,24,34H,9-14H2,1-5H3/b25-22+. The van der Waals surface area contributed by atoms with Crippen LogP contribution in [0.25, 0.3) is 11.4 Å². The zero-order chi connectivity index (χ0) is 28.6. The minimum atomic E-state index is -0.948. The number of amides is 1. The van der Waals surface area contributed by atoms with E-state index in [2.05, 4.69) is 4.98 Å². The van der Waals surface area contributed by atoms with Gasteiger partial charge in [0.15, 0.2) is 11.5 Å². The molecule has 0 bridgehead atoms. The number of rotatable bonds is 8. The van der Waals surface area contributed by atoms with E-state index in [9.17, 15) is 14.7 Å². The monoisotopic (exact) mass is 550 g/mol. The molecule has 1 N–H and O–H groups in total. The van der Waals surface area contributed by atoms with Gasteiger partial charge in [-0.15, -0.1) is 0 Å². The molecule has 0 aliphatic carbocycles. The first-order valence-electron chi connectivity index (χ1n) is 13.2. The van der Waals surface area contributed by atoms with Crippen molar-refractivity contribution in [3.05, 3.63) is 58.6 Å². The third kappa shape index (κ3) is 4.65. The van der Waals surface area contributed by atoms with Gasteiger partial charge in [0.05, 0.1) is 65.1 Å². The van der Waals surface area contributed by atoms with Gasteiger partial charge >= 0.3 is 0 Å². The number of carbonyl (C=O) groups excluding carboxylic acids is 2. The number of imidazole rings is 1. The van der Waals surface area contributed by atoms with Crippen molar-refractivity contribution in [2.24, 2.45) is 0 Å². The second-order valence-electron chi connectivity index (χ2n) is 9.97. The molecule has 40 heavy (non-hydrogen) atoms. The van der Waals surface area contributed by atoms with Crippen molar-refractivity contribution in [1.29, 1.82) is 0 Å². The summed E-state index contributed by atoms with van der Waals surface area (Å²) in [7, 11) is 4.48. The molecule has 2 aliphatic heterocycles. The van der Waals surface area contributed by atoms with E-state index in [4.69, 9.17) is 18.9 Å². The van der Waals surface area contributed by atoms with E-state index < -0.39 is 23.5 Å². The third-order valence-corrected chi connectivity index (χ3v) is 7.67. The van der Waals surface area contributed by atoms with Crippen LogP contribution in [-0.4, -0.2) is 86.7 Å². The van der Waals surface area contributed by atoms with E-state index in [1.54, 1.807) is 29.7 Å². The number of hydrogen-bond donors (Lipinski definition) is 1. The predicted molar refractivity (Wildman–Crippen MR) is 144 cm³/mol. The molecule has 3 aromatic rings. The number of nitrogens with zero attached hydrogens (tertiary/aromatic N) is 3.